The van der Waals surface area contributed by atoms with Crippen molar-refractivity contribution < 1.29 is 4.79 Å². The molecule has 0 aliphatic rings. The second-order valence-electron chi connectivity index (χ2n) is 4.52. The molecule has 4 heteroatoms. The van der Waals surface area contributed by atoms with Crippen molar-refractivity contribution in [3.8, 4) is 0 Å². The van der Waals surface area contributed by atoms with Crippen LogP contribution < -0.4 is 11.3 Å². The lowest BCUT2D eigenvalue weighted by Crippen LogP contribution is -2.29. The zero-order chi connectivity index (χ0) is 13.0. The smallest absolute Gasteiger partial charge is 0.233 e. The van der Waals surface area contributed by atoms with Gasteiger partial charge in [0.25, 0.3) is 0 Å². The predicted octanol–water partition coefficient (Wildman–Crippen LogP) is 2.11. The van der Waals surface area contributed by atoms with Crippen molar-refractivity contribution >= 4 is 16.8 Å². The molecule has 1 amide bonds. The Hall–Kier alpha value is -1.81. The van der Waals surface area contributed by atoms with E-state index in [0.29, 0.717) is 6.42 Å². The van der Waals surface area contributed by atoms with Gasteiger partial charge in [0.1, 0.15) is 0 Å². The number of carbonyl (C=O) groups is 1. The summed E-state index contributed by atoms with van der Waals surface area (Å²) in [6.07, 6.45) is 2.33. The third-order valence-electron chi connectivity index (χ3n) is 3.21. The number of hydrogen-bond acceptors (Lipinski definition) is 2. The monoisotopic (exact) mass is 245 g/mol. The molecule has 0 atom stereocenters. The number of rotatable bonds is 5. The maximum absolute atomic E-state index is 11.0. The number of hydrazine groups is 1. The first-order valence-electron chi connectivity index (χ1n) is 6.26. The van der Waals surface area contributed by atoms with Gasteiger partial charge in [0.15, 0.2) is 0 Å². The van der Waals surface area contributed by atoms with Gasteiger partial charge in [0.05, 0.1) is 0 Å². The fraction of sp³-hybridized carbons (Fsp3) is 0.357. The van der Waals surface area contributed by atoms with Crippen molar-refractivity contribution in [2.45, 2.75) is 32.7 Å². The summed E-state index contributed by atoms with van der Waals surface area (Å²) in [4.78, 5) is 11.0. The highest BCUT2D eigenvalue weighted by Crippen LogP contribution is 2.19. The zero-order valence-corrected chi connectivity index (χ0v) is 10.6. The van der Waals surface area contributed by atoms with Gasteiger partial charge in [-0.1, -0.05) is 18.2 Å². The number of benzene rings is 1. The molecular weight excluding hydrogens is 226 g/mol. The Kier molecular flexibility index (Phi) is 3.99. The Bertz CT molecular complexity index is 545. The SMILES string of the molecule is Cc1cc2ccccc2n1CCCCC(=O)NN. The van der Waals surface area contributed by atoms with E-state index in [1.165, 1.54) is 16.6 Å². The Morgan fingerprint density at radius 3 is 2.89 bits per heavy atom. The van der Waals surface area contributed by atoms with Crippen molar-refractivity contribution in [3.63, 3.8) is 0 Å². The summed E-state index contributed by atoms with van der Waals surface area (Å²) in [7, 11) is 0. The van der Waals surface area contributed by atoms with Crippen LogP contribution in [0.3, 0.4) is 0 Å². The average Bonchev–Trinajstić information content (AvgIpc) is 2.70. The van der Waals surface area contributed by atoms with Gasteiger partial charge in [0.2, 0.25) is 5.91 Å². The van der Waals surface area contributed by atoms with Crippen LogP contribution in [-0.2, 0) is 11.3 Å². The van der Waals surface area contributed by atoms with Crippen molar-refractivity contribution in [2.75, 3.05) is 0 Å². The van der Waals surface area contributed by atoms with Crippen LogP contribution in [0.15, 0.2) is 30.3 Å². The second-order valence-corrected chi connectivity index (χ2v) is 4.52. The van der Waals surface area contributed by atoms with Crippen LogP contribution in [0.2, 0.25) is 0 Å². The van der Waals surface area contributed by atoms with Crippen LogP contribution in [0.5, 0.6) is 0 Å². The van der Waals surface area contributed by atoms with Crippen LogP contribution in [0.1, 0.15) is 25.0 Å². The fourth-order valence-electron chi connectivity index (χ4n) is 2.27. The van der Waals surface area contributed by atoms with Crippen molar-refractivity contribution in [1.82, 2.24) is 9.99 Å². The van der Waals surface area contributed by atoms with E-state index >= 15 is 0 Å². The summed E-state index contributed by atoms with van der Waals surface area (Å²) in [6, 6.07) is 10.6. The van der Waals surface area contributed by atoms with E-state index < -0.39 is 0 Å². The van der Waals surface area contributed by atoms with Gasteiger partial charge in [-0.3, -0.25) is 10.2 Å². The van der Waals surface area contributed by atoms with Crippen LogP contribution >= 0.6 is 0 Å². The average molecular weight is 245 g/mol. The highest BCUT2D eigenvalue weighted by Gasteiger charge is 2.05. The molecule has 1 aromatic heterocycles. The van der Waals surface area contributed by atoms with Crippen molar-refractivity contribution in [1.29, 1.82) is 0 Å². The highest BCUT2D eigenvalue weighted by molar-refractivity contribution is 5.81. The van der Waals surface area contributed by atoms with Crippen LogP contribution in [0, 0.1) is 6.92 Å². The number of nitrogens with one attached hydrogen (secondary N) is 1. The maximum Gasteiger partial charge on any atom is 0.233 e. The number of carbonyl (C=O) groups excluding carboxylic acids is 1. The van der Waals surface area contributed by atoms with Gasteiger partial charge in [-0.2, -0.15) is 0 Å². The normalized spacial score (nSPS) is 10.8. The van der Waals surface area contributed by atoms with E-state index in [2.05, 4.69) is 47.2 Å². The number of nitrogens with two attached hydrogens (primary N) is 1. The number of unbranched alkanes of at least 4 members (excludes halogenated alkanes) is 1. The fourth-order valence-corrected chi connectivity index (χ4v) is 2.27. The van der Waals surface area contributed by atoms with Gasteiger partial charge in [-0.05, 0) is 37.3 Å². The Morgan fingerprint density at radius 1 is 1.33 bits per heavy atom. The highest BCUT2D eigenvalue weighted by atomic mass is 16.2. The molecule has 96 valence electrons. The van der Waals surface area contributed by atoms with E-state index in [4.69, 9.17) is 5.84 Å². The lowest BCUT2D eigenvalue weighted by Gasteiger charge is -2.07. The molecule has 1 heterocycles. The standard InChI is InChI=1S/C14H19N3O/c1-11-10-12-6-2-3-7-13(12)17(11)9-5-4-8-14(18)16-15/h2-3,6-7,10H,4-5,8-9,15H2,1H3,(H,16,18). The summed E-state index contributed by atoms with van der Waals surface area (Å²) in [6.45, 7) is 3.06. The first-order valence-corrected chi connectivity index (χ1v) is 6.26. The third-order valence-corrected chi connectivity index (χ3v) is 3.21. The Morgan fingerprint density at radius 2 is 2.11 bits per heavy atom. The van der Waals surface area contributed by atoms with Gasteiger partial charge in [-0.25, -0.2) is 5.84 Å². The van der Waals surface area contributed by atoms with Crippen molar-refractivity contribution in [3.05, 3.63) is 36.0 Å². The third kappa shape index (κ3) is 2.71. The van der Waals surface area contributed by atoms with Crippen LogP contribution in [-0.4, -0.2) is 10.5 Å². The quantitative estimate of drug-likeness (QED) is 0.367. The van der Waals surface area contributed by atoms with E-state index in [9.17, 15) is 4.79 Å². The molecule has 0 bridgehead atoms. The van der Waals surface area contributed by atoms with Gasteiger partial charge in [0, 0.05) is 24.2 Å². The number of para-hydroxylation sites is 1. The van der Waals surface area contributed by atoms with E-state index in [-0.39, 0.29) is 5.91 Å². The summed E-state index contributed by atoms with van der Waals surface area (Å²) in [5, 5.41) is 1.27. The molecule has 0 spiro atoms. The molecule has 4 nitrogen and oxygen atoms in total. The van der Waals surface area contributed by atoms with E-state index in [1.807, 2.05) is 0 Å². The summed E-state index contributed by atoms with van der Waals surface area (Å²) >= 11 is 0. The molecule has 1 aromatic carbocycles. The maximum atomic E-state index is 11.0. The van der Waals surface area contributed by atoms with Crippen molar-refractivity contribution in [2.24, 2.45) is 5.84 Å². The minimum atomic E-state index is -0.0934. The first-order chi connectivity index (χ1) is 8.72. The number of aromatic nitrogens is 1. The zero-order valence-electron chi connectivity index (χ0n) is 10.6. The molecule has 2 aromatic rings. The number of hydrogen-bond donors (Lipinski definition) is 2. The summed E-state index contributed by atoms with van der Waals surface area (Å²) < 4.78 is 2.30. The largest absolute Gasteiger partial charge is 0.345 e. The number of aryl methyl sites for hydroxylation is 2. The first kappa shape index (κ1) is 12.6. The number of fused-ring (bicyclic) bond motifs is 1. The Balaban J connectivity index is 1.99. The van der Waals surface area contributed by atoms with Crippen LogP contribution in [0.4, 0.5) is 0 Å². The number of nitrogens with zero attached hydrogens (tertiary/aromatic N) is 1. The molecule has 18 heavy (non-hydrogen) atoms. The molecule has 0 unspecified atom stereocenters. The molecule has 0 saturated carbocycles. The van der Waals surface area contributed by atoms with Gasteiger partial charge >= 0.3 is 0 Å². The second kappa shape index (κ2) is 5.69. The minimum Gasteiger partial charge on any atom is -0.345 e. The molecule has 3 N–H and O–H groups in total. The molecular formula is C14H19N3O. The van der Waals surface area contributed by atoms with Crippen LogP contribution in [0.25, 0.3) is 10.9 Å². The molecule has 0 saturated heterocycles. The van der Waals surface area contributed by atoms with Gasteiger partial charge < -0.3 is 4.57 Å². The Labute approximate surface area is 107 Å². The van der Waals surface area contributed by atoms with E-state index in [1.54, 1.807) is 0 Å². The summed E-state index contributed by atoms with van der Waals surface area (Å²) in [5.41, 5.74) is 4.68. The summed E-state index contributed by atoms with van der Waals surface area (Å²) in [5.74, 6) is 4.95. The van der Waals surface area contributed by atoms with Gasteiger partial charge in [-0.15, -0.1) is 0 Å². The molecule has 0 fully saturated rings. The minimum absolute atomic E-state index is 0.0934. The molecule has 0 radical (unpaired) electrons. The lowest BCUT2D eigenvalue weighted by molar-refractivity contribution is -0.121. The number of amides is 1. The lowest BCUT2D eigenvalue weighted by atomic mass is 10.2. The molecule has 2 rings (SSSR count). The topological polar surface area (TPSA) is 60.0 Å². The molecule has 0 aliphatic heterocycles. The predicted molar refractivity (Wildman–Crippen MR) is 72.9 cm³/mol. The van der Waals surface area contributed by atoms with E-state index in [0.717, 1.165) is 19.4 Å². The molecule has 0 aliphatic carbocycles.